The molecule has 0 bridgehead atoms. The summed E-state index contributed by atoms with van der Waals surface area (Å²) in [5.74, 6) is 0.0430. The summed E-state index contributed by atoms with van der Waals surface area (Å²) in [4.78, 5) is 30.0. The van der Waals surface area contributed by atoms with E-state index in [2.05, 4.69) is 15.6 Å². The minimum Gasteiger partial charge on any atom is -0.497 e. The Labute approximate surface area is 208 Å². The molecule has 0 aliphatic heterocycles. The number of benzene rings is 2. The van der Waals surface area contributed by atoms with Crippen molar-refractivity contribution < 1.29 is 14.3 Å². The van der Waals surface area contributed by atoms with E-state index in [1.807, 2.05) is 62.5 Å². The highest BCUT2D eigenvalue weighted by Gasteiger charge is 2.36. The van der Waals surface area contributed by atoms with E-state index in [9.17, 15) is 9.59 Å². The molecule has 2 heterocycles. The van der Waals surface area contributed by atoms with Crippen LogP contribution < -0.4 is 15.0 Å². The number of fused-ring (bicyclic) bond motifs is 1. The number of thiophene rings is 1. The van der Waals surface area contributed by atoms with Crippen molar-refractivity contribution in [3.63, 3.8) is 0 Å². The van der Waals surface area contributed by atoms with E-state index < -0.39 is 11.6 Å². The Morgan fingerprint density at radius 1 is 1.14 bits per heavy atom. The fraction of sp³-hybridized carbons (Fsp3) is 0.308. The lowest BCUT2D eigenvalue weighted by Gasteiger charge is -2.34. The van der Waals surface area contributed by atoms with E-state index in [1.165, 1.54) is 16.2 Å². The summed E-state index contributed by atoms with van der Waals surface area (Å²) in [6.07, 6.45) is 0.744. The van der Waals surface area contributed by atoms with Crippen molar-refractivity contribution in [3.05, 3.63) is 70.9 Å². The molecule has 2 aromatic carbocycles. The summed E-state index contributed by atoms with van der Waals surface area (Å²) in [5.41, 5.74) is 1.57. The molecule has 0 aliphatic carbocycles. The van der Waals surface area contributed by atoms with Crippen LogP contribution in [0, 0.1) is 0 Å². The molecule has 0 fully saturated rings. The average Bonchev–Trinajstić information content (AvgIpc) is 3.52. The third-order valence-electron chi connectivity index (χ3n) is 5.97. The number of carbonyl (C=O) groups is 2. The maximum Gasteiger partial charge on any atom is 0.249 e. The predicted molar refractivity (Wildman–Crippen MR) is 138 cm³/mol. The van der Waals surface area contributed by atoms with Crippen LogP contribution in [0.2, 0.25) is 0 Å². The number of rotatable bonds is 9. The molecule has 4 rings (SSSR count). The molecule has 0 aliphatic rings. The van der Waals surface area contributed by atoms with Crippen molar-refractivity contribution in [1.82, 2.24) is 20.3 Å². The minimum absolute atomic E-state index is 0.0793. The molecule has 2 amide bonds. The van der Waals surface area contributed by atoms with Crippen LogP contribution >= 0.6 is 11.3 Å². The molecule has 0 spiro atoms. The van der Waals surface area contributed by atoms with Crippen molar-refractivity contribution in [2.45, 2.75) is 45.3 Å². The van der Waals surface area contributed by atoms with Gasteiger partial charge in [-0.2, -0.15) is 0 Å². The van der Waals surface area contributed by atoms with Gasteiger partial charge in [0.2, 0.25) is 11.8 Å². The van der Waals surface area contributed by atoms with Crippen LogP contribution in [-0.2, 0) is 16.1 Å². The number of carbonyl (C=O) groups excluding carboxylic acids is 2. The quantitative estimate of drug-likeness (QED) is 0.370. The zero-order chi connectivity index (χ0) is 25.0. The summed E-state index contributed by atoms with van der Waals surface area (Å²) >= 11 is 1.43. The zero-order valence-electron chi connectivity index (χ0n) is 20.3. The first kappa shape index (κ1) is 24.4. The number of hydrogen-bond acceptors (Lipinski definition) is 6. The molecular weight excluding hydrogens is 462 g/mol. The van der Waals surface area contributed by atoms with E-state index in [1.54, 1.807) is 36.1 Å². The van der Waals surface area contributed by atoms with Gasteiger partial charge in [-0.3, -0.25) is 14.5 Å². The number of methoxy groups -OCH3 is 1. The molecule has 0 unspecified atom stereocenters. The molecule has 9 heteroatoms. The van der Waals surface area contributed by atoms with E-state index in [4.69, 9.17) is 4.74 Å². The number of amides is 2. The van der Waals surface area contributed by atoms with Gasteiger partial charge < -0.3 is 10.1 Å². The Morgan fingerprint density at radius 3 is 2.66 bits per heavy atom. The molecule has 0 saturated heterocycles. The Balaban J connectivity index is 1.79. The molecule has 35 heavy (non-hydrogen) atoms. The average molecular weight is 492 g/mol. The lowest BCUT2D eigenvalue weighted by atomic mass is 10.0. The van der Waals surface area contributed by atoms with Gasteiger partial charge in [-0.05, 0) is 56.0 Å². The highest BCUT2D eigenvalue weighted by Crippen LogP contribution is 2.33. The molecule has 0 radical (unpaired) electrons. The number of para-hydroxylation sites is 1. The third kappa shape index (κ3) is 5.35. The van der Waals surface area contributed by atoms with E-state index >= 15 is 0 Å². The maximum atomic E-state index is 14.0. The largest absolute Gasteiger partial charge is 0.497 e. The summed E-state index contributed by atoms with van der Waals surface area (Å²) in [6.45, 7) is 5.87. The Bertz CT molecular complexity index is 1320. The van der Waals surface area contributed by atoms with E-state index in [0.29, 0.717) is 17.0 Å². The summed E-state index contributed by atoms with van der Waals surface area (Å²) in [7, 11) is 1.57. The molecular formula is C26H29N5O3S. The van der Waals surface area contributed by atoms with Crippen molar-refractivity contribution in [2.75, 3.05) is 12.0 Å². The van der Waals surface area contributed by atoms with Crippen molar-refractivity contribution >= 4 is 39.9 Å². The Morgan fingerprint density at radius 2 is 1.94 bits per heavy atom. The van der Waals surface area contributed by atoms with Gasteiger partial charge in [-0.15, -0.1) is 16.4 Å². The van der Waals surface area contributed by atoms with Gasteiger partial charge in [0.1, 0.15) is 23.9 Å². The first-order chi connectivity index (χ1) is 16.8. The third-order valence-corrected chi connectivity index (χ3v) is 6.89. The van der Waals surface area contributed by atoms with Crippen molar-refractivity contribution in [2.24, 2.45) is 0 Å². The number of hydrogen-bond donors (Lipinski definition) is 1. The van der Waals surface area contributed by atoms with E-state index in [-0.39, 0.29) is 18.4 Å². The molecule has 1 atom stereocenters. The van der Waals surface area contributed by atoms with Crippen LogP contribution in [0.1, 0.15) is 38.1 Å². The predicted octanol–water partition coefficient (Wildman–Crippen LogP) is 4.58. The molecule has 4 aromatic rings. The number of ether oxygens (including phenoxy) is 1. The number of nitrogens with one attached hydrogen (secondary N) is 1. The minimum atomic E-state index is -0.866. The van der Waals surface area contributed by atoms with Gasteiger partial charge in [-0.1, -0.05) is 36.4 Å². The normalized spacial score (nSPS) is 12.3. The van der Waals surface area contributed by atoms with Crippen LogP contribution in [0.25, 0.3) is 11.0 Å². The first-order valence-electron chi connectivity index (χ1n) is 11.4. The van der Waals surface area contributed by atoms with Crippen LogP contribution in [0.3, 0.4) is 0 Å². The van der Waals surface area contributed by atoms with Crippen LogP contribution in [0.15, 0.2) is 66.0 Å². The summed E-state index contributed by atoms with van der Waals surface area (Å²) in [5, 5.41) is 13.4. The second kappa shape index (κ2) is 10.3. The van der Waals surface area contributed by atoms with Gasteiger partial charge in [0.15, 0.2) is 0 Å². The first-order valence-corrected chi connectivity index (χ1v) is 12.3. The smallest absolute Gasteiger partial charge is 0.249 e. The Hall–Kier alpha value is -3.72. The molecule has 8 nitrogen and oxygen atoms in total. The van der Waals surface area contributed by atoms with Crippen LogP contribution in [0.4, 0.5) is 5.69 Å². The summed E-state index contributed by atoms with van der Waals surface area (Å²) in [6, 6.07) is 17.5. The van der Waals surface area contributed by atoms with Crippen molar-refractivity contribution in [3.8, 4) is 5.75 Å². The lowest BCUT2D eigenvalue weighted by molar-refractivity contribution is -0.128. The van der Waals surface area contributed by atoms with Gasteiger partial charge in [0.25, 0.3) is 0 Å². The second-order valence-corrected chi connectivity index (χ2v) is 9.82. The topological polar surface area (TPSA) is 89.4 Å². The molecule has 2 aromatic heterocycles. The fourth-order valence-corrected chi connectivity index (χ4v) is 4.56. The maximum absolute atomic E-state index is 14.0. The van der Waals surface area contributed by atoms with Gasteiger partial charge in [-0.25, -0.2) is 4.68 Å². The summed E-state index contributed by atoms with van der Waals surface area (Å²) < 4.78 is 6.97. The van der Waals surface area contributed by atoms with Gasteiger partial charge in [0, 0.05) is 22.2 Å². The molecule has 0 saturated carbocycles. The fourth-order valence-electron chi connectivity index (χ4n) is 3.75. The highest BCUT2D eigenvalue weighted by molar-refractivity contribution is 7.10. The SMILES string of the molecule is CCC(C)(C)NC(=O)[C@H](c1cccs1)N(C(=O)Cn1nnc2ccccc21)c1cccc(OC)c1. The molecule has 1 N–H and O–H groups in total. The lowest BCUT2D eigenvalue weighted by Crippen LogP contribution is -2.50. The van der Waals surface area contributed by atoms with Crippen LogP contribution in [0.5, 0.6) is 5.75 Å². The van der Waals surface area contributed by atoms with E-state index in [0.717, 1.165) is 16.8 Å². The molecule has 182 valence electrons. The number of anilines is 1. The van der Waals surface area contributed by atoms with Crippen LogP contribution in [-0.4, -0.2) is 39.5 Å². The number of nitrogens with zero attached hydrogens (tertiary/aromatic N) is 4. The van der Waals surface area contributed by atoms with Gasteiger partial charge >= 0.3 is 0 Å². The Kier molecular flexibility index (Phi) is 7.16. The van der Waals surface area contributed by atoms with Crippen molar-refractivity contribution in [1.29, 1.82) is 0 Å². The van der Waals surface area contributed by atoms with Gasteiger partial charge in [0.05, 0.1) is 12.6 Å². The number of aromatic nitrogens is 3. The zero-order valence-corrected chi connectivity index (χ0v) is 21.1. The second-order valence-electron chi connectivity index (χ2n) is 8.85. The highest BCUT2D eigenvalue weighted by atomic mass is 32.1. The monoisotopic (exact) mass is 491 g/mol. The standard InChI is InChI=1S/C26H29N5O3S/c1-5-26(2,3)27-25(33)24(22-14-9-15-35-22)31(18-10-8-11-19(16-18)34-4)23(32)17-30-21-13-7-6-12-20(21)28-29-30/h6-16,24H,5,17H2,1-4H3,(H,27,33)/t24-/m0/s1.